The lowest BCUT2D eigenvalue weighted by molar-refractivity contribution is 0.325. The van der Waals surface area contributed by atoms with Crippen LogP contribution in [0.2, 0.25) is 0 Å². The fraction of sp³-hybridized carbons (Fsp3) is 0.706. The molecule has 21 heavy (non-hydrogen) atoms. The fourth-order valence-electron chi connectivity index (χ4n) is 3.56. The molecule has 4 heteroatoms. The van der Waals surface area contributed by atoms with Crippen molar-refractivity contribution in [2.75, 3.05) is 38.1 Å². The molecule has 2 aliphatic heterocycles. The van der Waals surface area contributed by atoms with Gasteiger partial charge in [-0.2, -0.15) is 0 Å². The van der Waals surface area contributed by atoms with Crippen LogP contribution in [0.1, 0.15) is 32.1 Å². The highest BCUT2D eigenvalue weighted by Crippen LogP contribution is 2.19. The Morgan fingerprint density at radius 2 is 1.76 bits per heavy atom. The number of anilines is 1. The molecule has 3 rings (SSSR count). The molecule has 116 valence electrons. The van der Waals surface area contributed by atoms with Crippen LogP contribution in [0, 0.1) is 0 Å². The monoisotopic (exact) mass is 288 g/mol. The molecule has 2 saturated heterocycles. The number of rotatable bonds is 3. The van der Waals surface area contributed by atoms with E-state index < -0.39 is 0 Å². The summed E-state index contributed by atoms with van der Waals surface area (Å²) in [7, 11) is 2.24. The summed E-state index contributed by atoms with van der Waals surface area (Å²) in [6.45, 7) is 4.75. The van der Waals surface area contributed by atoms with Crippen molar-refractivity contribution in [2.24, 2.45) is 0 Å². The smallest absolute Gasteiger partial charge is 0.128 e. The van der Waals surface area contributed by atoms with Gasteiger partial charge in [-0.1, -0.05) is 6.07 Å². The highest BCUT2D eigenvalue weighted by atomic mass is 15.2. The number of hydrogen-bond donors (Lipinski definition) is 1. The first-order valence-corrected chi connectivity index (χ1v) is 8.42. The molecule has 0 saturated carbocycles. The zero-order chi connectivity index (χ0) is 14.5. The van der Waals surface area contributed by atoms with Crippen molar-refractivity contribution in [3.63, 3.8) is 0 Å². The molecular formula is C17H28N4. The van der Waals surface area contributed by atoms with Crippen molar-refractivity contribution in [3.05, 3.63) is 24.4 Å². The van der Waals surface area contributed by atoms with Crippen LogP contribution in [-0.4, -0.2) is 55.2 Å². The fourth-order valence-corrected chi connectivity index (χ4v) is 3.56. The minimum absolute atomic E-state index is 0.693. The molecule has 3 heterocycles. The van der Waals surface area contributed by atoms with Crippen molar-refractivity contribution in [3.8, 4) is 0 Å². The standard InChI is InChI=1S/C17H28N4/c1-20-11-4-5-15(7-12-20)19-16-8-13-21(14-9-16)17-6-2-3-10-18-17/h2-3,6,10,15-16,19H,4-5,7-9,11-14H2,1H3. The summed E-state index contributed by atoms with van der Waals surface area (Å²) in [6.07, 6.45) is 8.34. The zero-order valence-corrected chi connectivity index (χ0v) is 13.2. The summed E-state index contributed by atoms with van der Waals surface area (Å²) in [5.41, 5.74) is 0. The van der Waals surface area contributed by atoms with E-state index in [1.165, 1.54) is 45.2 Å². The second-order valence-corrected chi connectivity index (χ2v) is 6.55. The molecule has 0 bridgehead atoms. The highest BCUT2D eigenvalue weighted by molar-refractivity contribution is 5.38. The molecule has 1 aromatic rings. The number of likely N-dealkylation sites (tertiary alicyclic amines) is 1. The molecule has 1 atom stereocenters. The maximum atomic E-state index is 4.46. The Kier molecular flexibility index (Phi) is 5.09. The lowest BCUT2D eigenvalue weighted by Crippen LogP contribution is -2.46. The lowest BCUT2D eigenvalue weighted by atomic mass is 10.0. The van der Waals surface area contributed by atoms with Gasteiger partial charge in [-0.3, -0.25) is 0 Å². The third-order valence-corrected chi connectivity index (χ3v) is 4.89. The predicted molar refractivity (Wildman–Crippen MR) is 87.7 cm³/mol. The van der Waals surface area contributed by atoms with Crippen molar-refractivity contribution in [1.82, 2.24) is 15.2 Å². The topological polar surface area (TPSA) is 31.4 Å². The Bertz CT molecular complexity index is 414. The first-order chi connectivity index (χ1) is 10.3. The van der Waals surface area contributed by atoms with E-state index in [4.69, 9.17) is 0 Å². The van der Waals surface area contributed by atoms with Gasteiger partial charge in [0, 0.05) is 31.4 Å². The van der Waals surface area contributed by atoms with Crippen LogP contribution in [0.5, 0.6) is 0 Å². The Balaban J connectivity index is 1.45. The van der Waals surface area contributed by atoms with Crippen molar-refractivity contribution in [2.45, 2.75) is 44.2 Å². The lowest BCUT2D eigenvalue weighted by Gasteiger charge is -2.35. The average Bonchev–Trinajstić information content (AvgIpc) is 2.74. The van der Waals surface area contributed by atoms with Crippen molar-refractivity contribution in [1.29, 1.82) is 0 Å². The van der Waals surface area contributed by atoms with E-state index in [1.807, 2.05) is 12.3 Å². The number of aromatic nitrogens is 1. The van der Waals surface area contributed by atoms with Gasteiger partial charge in [0.15, 0.2) is 0 Å². The predicted octanol–water partition coefficient (Wildman–Crippen LogP) is 2.12. The summed E-state index contributed by atoms with van der Waals surface area (Å²) in [6, 6.07) is 7.60. The molecule has 1 unspecified atom stereocenters. The maximum absolute atomic E-state index is 4.46. The summed E-state index contributed by atoms with van der Waals surface area (Å²) in [4.78, 5) is 9.34. The number of nitrogens with one attached hydrogen (secondary N) is 1. The summed E-state index contributed by atoms with van der Waals surface area (Å²) >= 11 is 0. The molecule has 1 N–H and O–H groups in total. The molecule has 2 fully saturated rings. The van der Waals surface area contributed by atoms with Gasteiger partial charge in [0.2, 0.25) is 0 Å². The van der Waals surface area contributed by atoms with E-state index in [-0.39, 0.29) is 0 Å². The van der Waals surface area contributed by atoms with E-state index in [0.29, 0.717) is 6.04 Å². The molecule has 2 aliphatic rings. The Hall–Kier alpha value is -1.13. The molecule has 0 aliphatic carbocycles. The SMILES string of the molecule is CN1CCCC(NC2CCN(c3ccccn3)CC2)CC1. The van der Waals surface area contributed by atoms with Crippen molar-refractivity contribution < 1.29 is 0 Å². The van der Waals surface area contributed by atoms with Crippen LogP contribution in [0.3, 0.4) is 0 Å². The minimum atomic E-state index is 0.693. The Morgan fingerprint density at radius 3 is 2.52 bits per heavy atom. The van der Waals surface area contributed by atoms with Gasteiger partial charge >= 0.3 is 0 Å². The molecule has 0 amide bonds. The molecule has 0 spiro atoms. The van der Waals surface area contributed by atoms with Crippen LogP contribution < -0.4 is 10.2 Å². The van der Waals surface area contributed by atoms with Gasteiger partial charge in [-0.15, -0.1) is 0 Å². The molecule has 0 aromatic carbocycles. The molecule has 0 radical (unpaired) electrons. The normalized spacial score (nSPS) is 25.8. The van der Waals surface area contributed by atoms with Crippen LogP contribution in [0.4, 0.5) is 5.82 Å². The summed E-state index contributed by atoms with van der Waals surface area (Å²) in [5.74, 6) is 1.13. The van der Waals surface area contributed by atoms with E-state index >= 15 is 0 Å². The van der Waals surface area contributed by atoms with Gasteiger partial charge in [0.05, 0.1) is 0 Å². The minimum Gasteiger partial charge on any atom is -0.357 e. The first-order valence-electron chi connectivity index (χ1n) is 8.42. The van der Waals surface area contributed by atoms with Gasteiger partial charge in [0.25, 0.3) is 0 Å². The quantitative estimate of drug-likeness (QED) is 0.923. The molecule has 4 nitrogen and oxygen atoms in total. The van der Waals surface area contributed by atoms with Crippen LogP contribution in [0.25, 0.3) is 0 Å². The Labute approximate surface area is 128 Å². The van der Waals surface area contributed by atoms with Crippen LogP contribution in [-0.2, 0) is 0 Å². The highest BCUT2D eigenvalue weighted by Gasteiger charge is 2.23. The second-order valence-electron chi connectivity index (χ2n) is 6.55. The van der Waals surface area contributed by atoms with E-state index in [1.54, 1.807) is 0 Å². The van der Waals surface area contributed by atoms with Crippen LogP contribution in [0.15, 0.2) is 24.4 Å². The van der Waals surface area contributed by atoms with Crippen LogP contribution >= 0.6 is 0 Å². The second kappa shape index (κ2) is 7.23. The number of nitrogens with zero attached hydrogens (tertiary/aromatic N) is 3. The van der Waals surface area contributed by atoms with E-state index in [2.05, 4.69) is 39.3 Å². The number of pyridine rings is 1. The Morgan fingerprint density at radius 1 is 1.00 bits per heavy atom. The van der Waals surface area contributed by atoms with Gasteiger partial charge in [0.1, 0.15) is 5.82 Å². The molecular weight excluding hydrogens is 260 g/mol. The number of piperidine rings is 1. The maximum Gasteiger partial charge on any atom is 0.128 e. The van der Waals surface area contributed by atoms with Gasteiger partial charge in [-0.25, -0.2) is 4.98 Å². The van der Waals surface area contributed by atoms with E-state index in [0.717, 1.165) is 24.9 Å². The number of hydrogen-bond acceptors (Lipinski definition) is 4. The third kappa shape index (κ3) is 4.17. The average molecular weight is 288 g/mol. The summed E-state index contributed by atoms with van der Waals surface area (Å²) in [5, 5.41) is 3.92. The van der Waals surface area contributed by atoms with Gasteiger partial charge in [-0.05, 0) is 64.4 Å². The largest absolute Gasteiger partial charge is 0.357 e. The van der Waals surface area contributed by atoms with Crippen molar-refractivity contribution >= 4 is 5.82 Å². The molecule has 1 aromatic heterocycles. The zero-order valence-electron chi connectivity index (χ0n) is 13.2. The third-order valence-electron chi connectivity index (χ3n) is 4.89. The van der Waals surface area contributed by atoms with Gasteiger partial charge < -0.3 is 15.1 Å². The van der Waals surface area contributed by atoms with E-state index in [9.17, 15) is 0 Å². The summed E-state index contributed by atoms with van der Waals surface area (Å²) < 4.78 is 0. The first kappa shape index (κ1) is 14.8.